The minimum Gasteiger partial charge on any atom is -0.451 e. The molecule has 3 rings (SSSR count). The molecule has 1 N–H and O–H groups in total. The van der Waals surface area contributed by atoms with Gasteiger partial charge in [0.2, 0.25) is 0 Å². The van der Waals surface area contributed by atoms with Crippen LogP contribution in [-0.4, -0.2) is 28.3 Å². The Bertz CT molecular complexity index is 1040. The molecule has 1 amide bonds. The number of aromatic nitrogens is 2. The van der Waals surface area contributed by atoms with Crippen molar-refractivity contribution >= 4 is 34.0 Å². The quantitative estimate of drug-likeness (QED) is 0.617. The molecule has 0 radical (unpaired) electrons. The number of benzene rings is 1. The van der Waals surface area contributed by atoms with E-state index < -0.39 is 18.5 Å². The number of hydrogen-bond donors (Lipinski definition) is 1. The van der Waals surface area contributed by atoms with E-state index in [2.05, 4.69) is 10.4 Å². The van der Waals surface area contributed by atoms with E-state index in [1.165, 1.54) is 16.0 Å². The monoisotopic (exact) mass is 399 g/mol. The number of amides is 1. The zero-order valence-electron chi connectivity index (χ0n) is 15.7. The highest BCUT2D eigenvalue weighted by Gasteiger charge is 2.19. The maximum Gasteiger partial charge on any atom is 0.359 e. The summed E-state index contributed by atoms with van der Waals surface area (Å²) in [6, 6.07) is 10.6. The molecule has 0 aliphatic heterocycles. The van der Waals surface area contributed by atoms with Crippen LogP contribution in [0.5, 0.6) is 0 Å². The molecule has 0 unspecified atom stereocenters. The van der Waals surface area contributed by atoms with Crippen LogP contribution >= 0.6 is 11.3 Å². The van der Waals surface area contributed by atoms with Crippen LogP contribution < -0.4 is 10.9 Å². The van der Waals surface area contributed by atoms with E-state index in [-0.39, 0.29) is 17.2 Å². The summed E-state index contributed by atoms with van der Waals surface area (Å²) in [4.78, 5) is 38.1. The fraction of sp³-hybridized carbons (Fsp3) is 0.300. The van der Waals surface area contributed by atoms with Gasteiger partial charge in [-0.25, -0.2) is 9.48 Å². The Morgan fingerprint density at radius 2 is 1.93 bits per heavy atom. The van der Waals surface area contributed by atoms with E-state index in [9.17, 15) is 14.4 Å². The molecule has 8 heteroatoms. The molecule has 0 saturated heterocycles. The van der Waals surface area contributed by atoms with E-state index in [4.69, 9.17) is 4.74 Å². The number of ether oxygens (including phenoxy) is 1. The third-order valence-electron chi connectivity index (χ3n) is 3.97. The molecular weight excluding hydrogens is 378 g/mol. The van der Waals surface area contributed by atoms with Crippen molar-refractivity contribution in [3.05, 3.63) is 62.7 Å². The first-order valence-corrected chi connectivity index (χ1v) is 9.79. The van der Waals surface area contributed by atoms with Gasteiger partial charge in [-0.2, -0.15) is 5.10 Å². The van der Waals surface area contributed by atoms with Gasteiger partial charge in [0.15, 0.2) is 12.3 Å². The van der Waals surface area contributed by atoms with Gasteiger partial charge in [-0.05, 0) is 23.4 Å². The second-order valence-electron chi connectivity index (χ2n) is 6.71. The fourth-order valence-corrected chi connectivity index (χ4v) is 3.35. The lowest BCUT2D eigenvalue weighted by Crippen LogP contribution is -2.30. The van der Waals surface area contributed by atoms with Gasteiger partial charge in [-0.15, -0.1) is 11.3 Å². The summed E-state index contributed by atoms with van der Waals surface area (Å²) >= 11 is 1.53. The number of carbonyl (C=O) groups is 2. The third-order valence-corrected chi connectivity index (χ3v) is 4.85. The summed E-state index contributed by atoms with van der Waals surface area (Å²) in [6.07, 6.45) is 0. The van der Waals surface area contributed by atoms with Crippen LogP contribution in [0.4, 0.5) is 0 Å². The Morgan fingerprint density at radius 3 is 2.61 bits per heavy atom. The van der Waals surface area contributed by atoms with Crippen molar-refractivity contribution in [1.29, 1.82) is 0 Å². The van der Waals surface area contributed by atoms with Crippen LogP contribution in [0.2, 0.25) is 0 Å². The molecule has 0 saturated carbocycles. The Balaban J connectivity index is 1.76. The van der Waals surface area contributed by atoms with Crippen LogP contribution in [0.1, 0.15) is 29.2 Å². The number of nitrogens with one attached hydrogen (secondary N) is 1. The molecule has 3 aromatic rings. The molecule has 0 spiro atoms. The Kier molecular flexibility index (Phi) is 6.20. The molecule has 146 valence electrons. The van der Waals surface area contributed by atoms with Crippen molar-refractivity contribution in [1.82, 2.24) is 15.1 Å². The van der Waals surface area contributed by atoms with Crippen molar-refractivity contribution in [3.8, 4) is 0 Å². The standard InChI is InChI=1S/C20H21N3O4S/c1-13(2)11-23-19(25)16-8-4-3-7-15(16)18(22-23)20(26)27-12-17(24)21-10-14-6-5-9-28-14/h3-9,13H,10-12H2,1-2H3,(H,21,24). The molecular formula is C20H21N3O4S. The van der Waals surface area contributed by atoms with Gasteiger partial charge in [0.1, 0.15) is 0 Å². The van der Waals surface area contributed by atoms with Crippen molar-refractivity contribution in [2.75, 3.05) is 6.61 Å². The Hall–Kier alpha value is -3.00. The second-order valence-corrected chi connectivity index (χ2v) is 7.74. The van der Waals surface area contributed by atoms with Crippen molar-refractivity contribution in [2.24, 2.45) is 5.92 Å². The largest absolute Gasteiger partial charge is 0.451 e. The minimum atomic E-state index is -0.736. The van der Waals surface area contributed by atoms with Gasteiger partial charge in [-0.3, -0.25) is 9.59 Å². The summed E-state index contributed by atoms with van der Waals surface area (Å²) in [5.41, 5.74) is -0.226. The highest BCUT2D eigenvalue weighted by molar-refractivity contribution is 7.09. The molecule has 0 atom stereocenters. The lowest BCUT2D eigenvalue weighted by atomic mass is 10.1. The summed E-state index contributed by atoms with van der Waals surface area (Å²) < 4.78 is 6.42. The van der Waals surface area contributed by atoms with E-state index in [0.717, 1.165) is 4.88 Å². The number of esters is 1. The predicted molar refractivity (Wildman–Crippen MR) is 107 cm³/mol. The number of fused-ring (bicyclic) bond motifs is 1. The van der Waals surface area contributed by atoms with Crippen LogP contribution in [0.25, 0.3) is 10.8 Å². The molecule has 1 aromatic carbocycles. The lowest BCUT2D eigenvalue weighted by Gasteiger charge is -2.12. The van der Waals surface area contributed by atoms with Crippen LogP contribution in [0.3, 0.4) is 0 Å². The van der Waals surface area contributed by atoms with Gasteiger partial charge in [-0.1, -0.05) is 38.1 Å². The average Bonchev–Trinajstić information content (AvgIpc) is 3.20. The fourth-order valence-electron chi connectivity index (χ4n) is 2.70. The van der Waals surface area contributed by atoms with Gasteiger partial charge in [0, 0.05) is 16.8 Å². The number of thiophene rings is 1. The van der Waals surface area contributed by atoms with Gasteiger partial charge < -0.3 is 10.1 Å². The first-order chi connectivity index (χ1) is 13.5. The van der Waals surface area contributed by atoms with Gasteiger partial charge in [0.25, 0.3) is 11.5 Å². The first kappa shape index (κ1) is 19.8. The zero-order chi connectivity index (χ0) is 20.1. The molecule has 28 heavy (non-hydrogen) atoms. The zero-order valence-corrected chi connectivity index (χ0v) is 16.5. The number of carbonyl (C=O) groups excluding carboxylic acids is 2. The minimum absolute atomic E-state index is 0.0295. The predicted octanol–water partition coefficient (Wildman–Crippen LogP) is 2.59. The van der Waals surface area contributed by atoms with Gasteiger partial charge in [0.05, 0.1) is 11.9 Å². The molecule has 7 nitrogen and oxygen atoms in total. The normalized spacial score (nSPS) is 11.0. The summed E-state index contributed by atoms with van der Waals surface area (Å²) in [5, 5.41) is 9.63. The molecule has 0 aliphatic rings. The van der Waals surface area contributed by atoms with E-state index in [1.54, 1.807) is 24.3 Å². The topological polar surface area (TPSA) is 90.3 Å². The van der Waals surface area contributed by atoms with E-state index in [0.29, 0.717) is 23.9 Å². The van der Waals surface area contributed by atoms with Crippen LogP contribution in [-0.2, 0) is 22.6 Å². The number of hydrogen-bond acceptors (Lipinski definition) is 6. The van der Waals surface area contributed by atoms with E-state index in [1.807, 2.05) is 31.4 Å². The number of rotatable bonds is 7. The third kappa shape index (κ3) is 4.64. The second kappa shape index (κ2) is 8.79. The smallest absolute Gasteiger partial charge is 0.359 e. The molecule has 0 aliphatic carbocycles. The first-order valence-electron chi connectivity index (χ1n) is 8.91. The average molecular weight is 399 g/mol. The lowest BCUT2D eigenvalue weighted by molar-refractivity contribution is -0.124. The van der Waals surface area contributed by atoms with Crippen molar-refractivity contribution < 1.29 is 14.3 Å². The van der Waals surface area contributed by atoms with E-state index >= 15 is 0 Å². The molecule has 0 fully saturated rings. The van der Waals surface area contributed by atoms with Crippen LogP contribution in [0.15, 0.2) is 46.6 Å². The highest BCUT2D eigenvalue weighted by Crippen LogP contribution is 2.15. The maximum atomic E-state index is 12.6. The Labute approximate surface area is 165 Å². The number of nitrogens with zero attached hydrogens (tertiary/aromatic N) is 2. The molecule has 2 aromatic heterocycles. The summed E-state index contributed by atoms with van der Waals surface area (Å²) in [7, 11) is 0. The van der Waals surface area contributed by atoms with Gasteiger partial charge >= 0.3 is 5.97 Å². The summed E-state index contributed by atoms with van der Waals surface area (Å²) in [6.45, 7) is 4.27. The highest BCUT2D eigenvalue weighted by atomic mass is 32.1. The molecule has 0 bridgehead atoms. The van der Waals surface area contributed by atoms with Crippen molar-refractivity contribution in [2.45, 2.75) is 26.9 Å². The SMILES string of the molecule is CC(C)Cn1nc(C(=O)OCC(=O)NCc2cccs2)c2ccccc2c1=O. The van der Waals surface area contributed by atoms with Crippen molar-refractivity contribution in [3.63, 3.8) is 0 Å². The van der Waals surface area contributed by atoms with Crippen LogP contribution in [0, 0.1) is 5.92 Å². The summed E-state index contributed by atoms with van der Waals surface area (Å²) in [5.74, 6) is -0.959. The Morgan fingerprint density at radius 1 is 1.18 bits per heavy atom. The maximum absolute atomic E-state index is 12.6. The molecule has 2 heterocycles.